The summed E-state index contributed by atoms with van der Waals surface area (Å²) in [5.41, 5.74) is -0.992. The van der Waals surface area contributed by atoms with Crippen LogP contribution in [0.3, 0.4) is 0 Å². The largest absolute Gasteiger partial charge is 0.481 e. The van der Waals surface area contributed by atoms with Crippen LogP contribution in [0.1, 0.15) is 52.4 Å². The molecule has 0 bridgehead atoms. The number of imide groups is 1. The molecule has 3 fully saturated rings. The van der Waals surface area contributed by atoms with E-state index in [1.165, 1.54) is 4.90 Å². The van der Waals surface area contributed by atoms with Crippen LogP contribution >= 0.6 is 0 Å². The molecule has 4 unspecified atom stereocenters. The molecule has 5 nitrogen and oxygen atoms in total. The minimum atomic E-state index is -0.992. The van der Waals surface area contributed by atoms with Gasteiger partial charge < -0.3 is 5.11 Å². The minimum absolute atomic E-state index is 0.117. The first-order chi connectivity index (χ1) is 9.86. The van der Waals surface area contributed by atoms with E-state index in [1.54, 1.807) is 6.92 Å². The minimum Gasteiger partial charge on any atom is -0.481 e. The van der Waals surface area contributed by atoms with Gasteiger partial charge >= 0.3 is 5.97 Å². The molecule has 1 heterocycles. The average molecular weight is 293 g/mol. The molecular weight excluding hydrogens is 270 g/mol. The number of hydrogen-bond donors (Lipinski definition) is 1. The normalized spacial score (nSPS) is 43.2. The monoisotopic (exact) mass is 293 g/mol. The summed E-state index contributed by atoms with van der Waals surface area (Å²) >= 11 is 0. The number of carbonyl (C=O) groups excluding carboxylic acids is 2. The van der Waals surface area contributed by atoms with E-state index in [0.717, 1.165) is 25.7 Å². The quantitative estimate of drug-likeness (QED) is 0.791. The van der Waals surface area contributed by atoms with Crippen molar-refractivity contribution >= 4 is 17.8 Å². The summed E-state index contributed by atoms with van der Waals surface area (Å²) in [7, 11) is 0. The number of fused-ring (bicyclic) bond motifs is 1. The second kappa shape index (κ2) is 4.82. The Labute approximate surface area is 124 Å². The summed E-state index contributed by atoms with van der Waals surface area (Å²) in [4.78, 5) is 38.4. The third-order valence-electron chi connectivity index (χ3n) is 5.87. The highest BCUT2D eigenvalue weighted by molar-refractivity contribution is 6.06. The zero-order valence-corrected chi connectivity index (χ0v) is 12.7. The van der Waals surface area contributed by atoms with Crippen LogP contribution in [0.2, 0.25) is 0 Å². The van der Waals surface area contributed by atoms with Gasteiger partial charge in [-0.15, -0.1) is 0 Å². The third kappa shape index (κ3) is 2.00. The summed E-state index contributed by atoms with van der Waals surface area (Å²) in [6, 6.07) is -0.468. The Bertz CT molecular complexity index is 479. The standard InChI is InChI=1S/C16H23NO4/c1-9-7-10-11(8-9)14(19)17(13(10)18)12-5-3-4-6-16(12,2)15(20)21/h9-12H,3-8H2,1-2H3,(H,20,21). The van der Waals surface area contributed by atoms with Gasteiger partial charge in [0.25, 0.3) is 0 Å². The van der Waals surface area contributed by atoms with Crippen molar-refractivity contribution in [1.82, 2.24) is 4.90 Å². The number of hydrogen-bond acceptors (Lipinski definition) is 3. The lowest BCUT2D eigenvalue weighted by atomic mass is 9.71. The maximum atomic E-state index is 12.7. The van der Waals surface area contributed by atoms with E-state index in [1.807, 2.05) is 0 Å². The van der Waals surface area contributed by atoms with Gasteiger partial charge in [-0.05, 0) is 38.5 Å². The number of carboxylic acids is 1. The third-order valence-corrected chi connectivity index (χ3v) is 5.87. The van der Waals surface area contributed by atoms with Crippen molar-refractivity contribution in [2.24, 2.45) is 23.2 Å². The van der Waals surface area contributed by atoms with Crippen LogP contribution in [0.15, 0.2) is 0 Å². The molecule has 4 atom stereocenters. The summed E-state index contributed by atoms with van der Waals surface area (Å²) in [6.07, 6.45) is 4.42. The van der Waals surface area contributed by atoms with Crippen LogP contribution in [0.25, 0.3) is 0 Å². The van der Waals surface area contributed by atoms with E-state index in [0.29, 0.717) is 18.8 Å². The molecule has 1 aliphatic heterocycles. The van der Waals surface area contributed by atoms with Gasteiger partial charge in [0.2, 0.25) is 11.8 Å². The zero-order valence-electron chi connectivity index (χ0n) is 12.7. The van der Waals surface area contributed by atoms with Gasteiger partial charge in [0.15, 0.2) is 0 Å². The molecule has 0 radical (unpaired) electrons. The Morgan fingerprint density at radius 3 is 2.29 bits per heavy atom. The average Bonchev–Trinajstić information content (AvgIpc) is 2.91. The Morgan fingerprint density at radius 1 is 1.19 bits per heavy atom. The maximum Gasteiger partial charge on any atom is 0.311 e. The molecule has 21 heavy (non-hydrogen) atoms. The highest BCUT2D eigenvalue weighted by Gasteiger charge is 2.58. The summed E-state index contributed by atoms with van der Waals surface area (Å²) in [6.45, 7) is 3.77. The van der Waals surface area contributed by atoms with Crippen LogP contribution in [0.4, 0.5) is 0 Å². The van der Waals surface area contributed by atoms with Crippen molar-refractivity contribution in [3.8, 4) is 0 Å². The molecule has 1 saturated heterocycles. The number of likely N-dealkylation sites (tertiary alicyclic amines) is 1. The summed E-state index contributed by atoms with van der Waals surface area (Å²) in [5, 5.41) is 9.60. The lowest BCUT2D eigenvalue weighted by molar-refractivity contribution is -0.160. The number of carbonyl (C=O) groups is 3. The van der Waals surface area contributed by atoms with Gasteiger partial charge in [0.1, 0.15) is 0 Å². The van der Waals surface area contributed by atoms with E-state index < -0.39 is 17.4 Å². The SMILES string of the molecule is CC1CC2C(=O)N(C3CCCCC3(C)C(=O)O)C(=O)C2C1. The zero-order chi connectivity index (χ0) is 15.4. The van der Waals surface area contributed by atoms with Crippen molar-refractivity contribution in [1.29, 1.82) is 0 Å². The number of carboxylic acid groups (broad SMARTS) is 1. The molecule has 5 heteroatoms. The van der Waals surface area contributed by atoms with Gasteiger partial charge in [-0.25, -0.2) is 0 Å². The number of amides is 2. The first-order valence-corrected chi connectivity index (χ1v) is 7.96. The fourth-order valence-corrected chi connectivity index (χ4v) is 4.59. The Hall–Kier alpha value is -1.39. The highest BCUT2D eigenvalue weighted by Crippen LogP contribution is 2.48. The maximum absolute atomic E-state index is 12.7. The molecule has 2 aliphatic carbocycles. The fourth-order valence-electron chi connectivity index (χ4n) is 4.59. The molecule has 2 amide bonds. The lowest BCUT2D eigenvalue weighted by Crippen LogP contribution is -2.54. The molecule has 0 aromatic carbocycles. The molecule has 116 valence electrons. The van der Waals surface area contributed by atoms with Crippen LogP contribution in [0.5, 0.6) is 0 Å². The molecule has 0 aromatic rings. The van der Waals surface area contributed by atoms with Crippen LogP contribution in [-0.4, -0.2) is 33.8 Å². The Morgan fingerprint density at radius 2 is 1.76 bits per heavy atom. The Balaban J connectivity index is 1.91. The highest BCUT2D eigenvalue weighted by atomic mass is 16.4. The first kappa shape index (κ1) is 14.5. The summed E-state index contributed by atoms with van der Waals surface area (Å²) < 4.78 is 0. The lowest BCUT2D eigenvalue weighted by Gasteiger charge is -2.42. The fraction of sp³-hybridized carbons (Fsp3) is 0.812. The van der Waals surface area contributed by atoms with Crippen molar-refractivity contribution in [2.45, 2.75) is 58.4 Å². The topological polar surface area (TPSA) is 74.7 Å². The predicted molar refractivity (Wildman–Crippen MR) is 75.2 cm³/mol. The Kier molecular flexibility index (Phi) is 3.34. The molecule has 0 spiro atoms. The van der Waals surface area contributed by atoms with Crippen LogP contribution in [-0.2, 0) is 14.4 Å². The van der Waals surface area contributed by atoms with Gasteiger partial charge in [0.05, 0.1) is 23.3 Å². The second-order valence-electron chi connectivity index (χ2n) is 7.32. The molecule has 0 aromatic heterocycles. The van der Waals surface area contributed by atoms with E-state index >= 15 is 0 Å². The van der Waals surface area contributed by atoms with Gasteiger partial charge in [-0.1, -0.05) is 19.8 Å². The van der Waals surface area contributed by atoms with E-state index in [4.69, 9.17) is 0 Å². The molecule has 2 saturated carbocycles. The van der Waals surface area contributed by atoms with Crippen LogP contribution in [0, 0.1) is 23.2 Å². The van der Waals surface area contributed by atoms with Crippen molar-refractivity contribution in [3.63, 3.8) is 0 Å². The first-order valence-electron chi connectivity index (χ1n) is 7.96. The van der Waals surface area contributed by atoms with Gasteiger partial charge in [-0.3, -0.25) is 19.3 Å². The predicted octanol–water partition coefficient (Wildman–Crippen LogP) is 2.05. The van der Waals surface area contributed by atoms with Crippen LogP contribution < -0.4 is 0 Å². The van der Waals surface area contributed by atoms with Crippen molar-refractivity contribution < 1.29 is 19.5 Å². The number of nitrogens with zero attached hydrogens (tertiary/aromatic N) is 1. The van der Waals surface area contributed by atoms with Crippen molar-refractivity contribution in [2.75, 3.05) is 0 Å². The van der Waals surface area contributed by atoms with Gasteiger partial charge in [-0.2, -0.15) is 0 Å². The summed E-state index contributed by atoms with van der Waals surface area (Å²) in [5.74, 6) is -1.12. The smallest absolute Gasteiger partial charge is 0.311 e. The molecule has 3 rings (SSSR count). The van der Waals surface area contributed by atoms with Gasteiger partial charge in [0, 0.05) is 0 Å². The van der Waals surface area contributed by atoms with E-state index in [-0.39, 0.29) is 23.7 Å². The van der Waals surface area contributed by atoms with E-state index in [2.05, 4.69) is 6.92 Å². The number of aliphatic carboxylic acids is 1. The van der Waals surface area contributed by atoms with E-state index in [9.17, 15) is 19.5 Å². The molecule has 3 aliphatic rings. The number of rotatable bonds is 2. The molecular formula is C16H23NO4. The molecule has 1 N–H and O–H groups in total. The second-order valence-corrected chi connectivity index (χ2v) is 7.32. The van der Waals surface area contributed by atoms with Crippen molar-refractivity contribution in [3.05, 3.63) is 0 Å².